The van der Waals surface area contributed by atoms with Gasteiger partial charge in [0.2, 0.25) is 5.91 Å². The van der Waals surface area contributed by atoms with Crippen LogP contribution in [-0.4, -0.2) is 27.3 Å². The van der Waals surface area contributed by atoms with Crippen molar-refractivity contribution in [2.24, 2.45) is 0 Å². The molecule has 0 radical (unpaired) electrons. The van der Waals surface area contributed by atoms with E-state index in [1.807, 2.05) is 44.2 Å². The number of nitrogens with one attached hydrogen (secondary N) is 1. The summed E-state index contributed by atoms with van der Waals surface area (Å²) in [7, 11) is 0. The Morgan fingerprint density at radius 1 is 1.06 bits per heavy atom. The Bertz CT molecular complexity index is 1130. The first-order valence-electron chi connectivity index (χ1n) is 11.0. The maximum Gasteiger partial charge on any atom is 0.266 e. The van der Waals surface area contributed by atoms with E-state index in [1.165, 1.54) is 37.4 Å². The van der Waals surface area contributed by atoms with E-state index < -0.39 is 0 Å². The molecule has 5 nitrogen and oxygen atoms in total. The SMILES string of the molecule is Cc1cc(C)cc(-n2c(SCC(=O)NC3CCCCCC3)nc3ccccc3c2=O)c1. The molecule has 1 N–H and O–H groups in total. The number of hydrogen-bond acceptors (Lipinski definition) is 4. The van der Waals surface area contributed by atoms with E-state index in [9.17, 15) is 9.59 Å². The maximum atomic E-state index is 13.4. The molecule has 31 heavy (non-hydrogen) atoms. The molecule has 0 bridgehead atoms. The first-order chi connectivity index (χ1) is 15.0. The van der Waals surface area contributed by atoms with Gasteiger partial charge in [0.1, 0.15) is 0 Å². The van der Waals surface area contributed by atoms with Crippen LogP contribution in [0.1, 0.15) is 49.7 Å². The lowest BCUT2D eigenvalue weighted by atomic mass is 10.1. The van der Waals surface area contributed by atoms with Gasteiger partial charge in [0, 0.05) is 6.04 Å². The van der Waals surface area contributed by atoms with Crippen molar-refractivity contribution < 1.29 is 4.79 Å². The van der Waals surface area contributed by atoms with E-state index in [2.05, 4.69) is 11.4 Å². The molecule has 1 fully saturated rings. The Labute approximate surface area is 187 Å². The highest BCUT2D eigenvalue weighted by Gasteiger charge is 2.18. The van der Waals surface area contributed by atoms with Crippen LogP contribution in [0.3, 0.4) is 0 Å². The van der Waals surface area contributed by atoms with Crippen LogP contribution in [-0.2, 0) is 4.79 Å². The Balaban J connectivity index is 1.64. The number of rotatable bonds is 5. The minimum atomic E-state index is -0.109. The number of aryl methyl sites for hydroxylation is 2. The summed E-state index contributed by atoms with van der Waals surface area (Å²) in [4.78, 5) is 30.8. The summed E-state index contributed by atoms with van der Waals surface area (Å²) in [5.41, 5.74) is 3.49. The third-order valence-electron chi connectivity index (χ3n) is 5.76. The van der Waals surface area contributed by atoms with Crippen molar-refractivity contribution in [3.63, 3.8) is 0 Å². The van der Waals surface area contributed by atoms with Crippen molar-refractivity contribution in [1.29, 1.82) is 0 Å². The van der Waals surface area contributed by atoms with E-state index in [0.29, 0.717) is 16.1 Å². The number of nitrogens with zero attached hydrogens (tertiary/aromatic N) is 2. The Kier molecular flexibility index (Phi) is 6.76. The number of carbonyl (C=O) groups excluding carboxylic acids is 1. The van der Waals surface area contributed by atoms with Gasteiger partial charge in [0.15, 0.2) is 5.16 Å². The van der Waals surface area contributed by atoms with Gasteiger partial charge in [-0.1, -0.05) is 55.6 Å². The molecule has 1 saturated carbocycles. The first-order valence-corrected chi connectivity index (χ1v) is 12.0. The largest absolute Gasteiger partial charge is 0.353 e. The quantitative estimate of drug-likeness (QED) is 0.350. The topological polar surface area (TPSA) is 64.0 Å². The van der Waals surface area contributed by atoms with Gasteiger partial charge in [0.05, 0.1) is 22.3 Å². The Morgan fingerprint density at radius 2 is 1.74 bits per heavy atom. The fraction of sp³-hybridized carbons (Fsp3) is 0.400. The Hall–Kier alpha value is -2.60. The zero-order valence-electron chi connectivity index (χ0n) is 18.2. The number of hydrogen-bond donors (Lipinski definition) is 1. The molecule has 1 aliphatic rings. The molecule has 0 atom stereocenters. The van der Waals surface area contributed by atoms with Crippen LogP contribution in [0.5, 0.6) is 0 Å². The van der Waals surface area contributed by atoms with E-state index in [-0.39, 0.29) is 23.3 Å². The normalized spacial score (nSPS) is 15.0. The molecule has 4 rings (SSSR count). The summed E-state index contributed by atoms with van der Waals surface area (Å²) in [5, 5.41) is 4.31. The highest BCUT2D eigenvalue weighted by molar-refractivity contribution is 7.99. The van der Waals surface area contributed by atoms with Gasteiger partial charge in [-0.3, -0.25) is 14.2 Å². The van der Waals surface area contributed by atoms with Crippen LogP contribution in [0.25, 0.3) is 16.6 Å². The molecule has 0 unspecified atom stereocenters. The van der Waals surface area contributed by atoms with Crippen LogP contribution in [0, 0.1) is 13.8 Å². The van der Waals surface area contributed by atoms with Gasteiger partial charge >= 0.3 is 0 Å². The number of thioether (sulfide) groups is 1. The maximum absolute atomic E-state index is 13.4. The van der Waals surface area contributed by atoms with Crippen LogP contribution in [0.2, 0.25) is 0 Å². The molecule has 3 aromatic rings. The number of benzene rings is 2. The second-order valence-corrected chi connectivity index (χ2v) is 9.39. The van der Waals surface area contributed by atoms with Gasteiger partial charge in [-0.05, 0) is 62.1 Å². The zero-order valence-corrected chi connectivity index (χ0v) is 19.0. The van der Waals surface area contributed by atoms with Crippen LogP contribution >= 0.6 is 11.8 Å². The number of para-hydroxylation sites is 1. The van der Waals surface area contributed by atoms with Gasteiger partial charge in [-0.2, -0.15) is 0 Å². The second-order valence-electron chi connectivity index (χ2n) is 8.44. The highest BCUT2D eigenvalue weighted by Crippen LogP contribution is 2.23. The summed E-state index contributed by atoms with van der Waals surface area (Å²) < 4.78 is 1.64. The van der Waals surface area contributed by atoms with Crippen molar-refractivity contribution in [2.75, 3.05) is 5.75 Å². The lowest BCUT2D eigenvalue weighted by molar-refractivity contribution is -0.119. The Morgan fingerprint density at radius 3 is 2.45 bits per heavy atom. The summed E-state index contributed by atoms with van der Waals surface area (Å²) >= 11 is 1.32. The van der Waals surface area contributed by atoms with Gasteiger partial charge in [0.25, 0.3) is 5.56 Å². The van der Waals surface area contributed by atoms with Crippen LogP contribution in [0.15, 0.2) is 52.4 Å². The van der Waals surface area contributed by atoms with Crippen molar-refractivity contribution in [3.8, 4) is 5.69 Å². The van der Waals surface area contributed by atoms with Gasteiger partial charge < -0.3 is 5.32 Å². The molecule has 6 heteroatoms. The highest BCUT2D eigenvalue weighted by atomic mass is 32.2. The van der Waals surface area contributed by atoms with E-state index >= 15 is 0 Å². The molecule has 1 aliphatic carbocycles. The summed E-state index contributed by atoms with van der Waals surface area (Å²) in [5.74, 6) is 0.248. The van der Waals surface area contributed by atoms with E-state index in [0.717, 1.165) is 29.7 Å². The van der Waals surface area contributed by atoms with Crippen LogP contribution in [0.4, 0.5) is 0 Å². The lowest BCUT2D eigenvalue weighted by Gasteiger charge is -2.17. The van der Waals surface area contributed by atoms with Crippen molar-refractivity contribution >= 4 is 28.6 Å². The summed E-state index contributed by atoms with van der Waals surface area (Å²) in [6.45, 7) is 4.03. The van der Waals surface area contributed by atoms with Crippen molar-refractivity contribution in [2.45, 2.75) is 63.6 Å². The first kappa shape index (κ1) is 21.6. The standard InChI is InChI=1S/C25H29N3O2S/c1-17-13-18(2)15-20(14-17)28-24(30)21-11-7-8-12-22(21)27-25(28)31-16-23(29)26-19-9-5-3-4-6-10-19/h7-8,11-15,19H,3-6,9-10,16H2,1-2H3,(H,26,29). The average Bonchev–Trinajstić information content (AvgIpc) is 3.00. The number of amides is 1. The van der Waals surface area contributed by atoms with Crippen molar-refractivity contribution in [1.82, 2.24) is 14.9 Å². The monoisotopic (exact) mass is 435 g/mol. The minimum absolute atomic E-state index is 0.00582. The van der Waals surface area contributed by atoms with Gasteiger partial charge in [-0.15, -0.1) is 0 Å². The van der Waals surface area contributed by atoms with Gasteiger partial charge in [-0.25, -0.2) is 4.98 Å². The number of fused-ring (bicyclic) bond motifs is 1. The molecule has 1 amide bonds. The predicted octanol–water partition coefficient (Wildman–Crippen LogP) is 4.93. The third-order valence-corrected chi connectivity index (χ3v) is 6.70. The molecule has 2 aromatic carbocycles. The number of carbonyl (C=O) groups is 1. The third kappa shape index (κ3) is 5.18. The molecular weight excluding hydrogens is 406 g/mol. The molecule has 162 valence electrons. The van der Waals surface area contributed by atoms with E-state index in [1.54, 1.807) is 10.6 Å². The molecular formula is C25H29N3O2S. The zero-order chi connectivity index (χ0) is 21.8. The molecule has 0 saturated heterocycles. The minimum Gasteiger partial charge on any atom is -0.353 e. The van der Waals surface area contributed by atoms with E-state index in [4.69, 9.17) is 4.98 Å². The molecule has 1 heterocycles. The second kappa shape index (κ2) is 9.69. The molecule has 1 aromatic heterocycles. The van der Waals surface area contributed by atoms with Crippen LogP contribution < -0.4 is 10.9 Å². The smallest absolute Gasteiger partial charge is 0.266 e. The molecule has 0 spiro atoms. The molecule has 0 aliphatic heterocycles. The number of aromatic nitrogens is 2. The average molecular weight is 436 g/mol. The summed E-state index contributed by atoms with van der Waals surface area (Å²) in [6, 6.07) is 13.7. The summed E-state index contributed by atoms with van der Waals surface area (Å²) in [6.07, 6.45) is 6.97. The van der Waals surface area contributed by atoms with Crippen molar-refractivity contribution in [3.05, 3.63) is 63.9 Å². The lowest BCUT2D eigenvalue weighted by Crippen LogP contribution is -2.35. The fourth-order valence-corrected chi connectivity index (χ4v) is 5.16. The predicted molar refractivity (Wildman–Crippen MR) is 127 cm³/mol. The fourth-order valence-electron chi connectivity index (χ4n) is 4.34.